The fourth-order valence-corrected chi connectivity index (χ4v) is 3.93. The van der Waals surface area contributed by atoms with Crippen LogP contribution in [0.1, 0.15) is 19.4 Å². The number of hydrogen-bond donors (Lipinski definition) is 3. The normalized spacial score (nSPS) is 21.6. The number of benzene rings is 3. The van der Waals surface area contributed by atoms with Gasteiger partial charge in [0, 0.05) is 11.7 Å². The van der Waals surface area contributed by atoms with Gasteiger partial charge in [0.2, 0.25) is 5.91 Å². The summed E-state index contributed by atoms with van der Waals surface area (Å²) < 4.78 is 5.47. The zero-order chi connectivity index (χ0) is 20.2. The molecule has 1 fully saturated rings. The predicted molar refractivity (Wildman–Crippen MR) is 117 cm³/mol. The van der Waals surface area contributed by atoms with Gasteiger partial charge in [0.1, 0.15) is 5.75 Å². The van der Waals surface area contributed by atoms with E-state index in [1.807, 2.05) is 43.3 Å². The second-order valence-electron chi connectivity index (χ2n) is 7.45. The van der Waals surface area contributed by atoms with Crippen molar-refractivity contribution in [3.8, 4) is 5.75 Å². The number of anilines is 1. The molecule has 3 atom stereocenters. The summed E-state index contributed by atoms with van der Waals surface area (Å²) in [6.07, 6.45) is 0.399. The molecule has 5 nitrogen and oxygen atoms in total. The first kappa shape index (κ1) is 19.3. The Labute approximate surface area is 171 Å². The Bertz CT molecular complexity index is 982. The van der Waals surface area contributed by atoms with Gasteiger partial charge in [0.05, 0.1) is 12.5 Å². The summed E-state index contributed by atoms with van der Waals surface area (Å²) in [5, 5.41) is 12.3. The SMILES string of the molecule is CCOc1ccc(NC2NC(=O)C(Cc3cccc4ccccc34)C(C)N2)cc1. The van der Waals surface area contributed by atoms with Crippen molar-refractivity contribution in [3.05, 3.63) is 72.3 Å². The molecule has 3 unspecified atom stereocenters. The maximum atomic E-state index is 12.9. The maximum absolute atomic E-state index is 12.9. The molecule has 0 saturated carbocycles. The molecule has 1 amide bonds. The van der Waals surface area contributed by atoms with E-state index >= 15 is 0 Å². The van der Waals surface area contributed by atoms with Crippen molar-refractivity contribution in [1.29, 1.82) is 0 Å². The lowest BCUT2D eigenvalue weighted by Gasteiger charge is -2.36. The van der Waals surface area contributed by atoms with Crippen LogP contribution < -0.4 is 20.7 Å². The molecule has 0 bridgehead atoms. The van der Waals surface area contributed by atoms with Crippen molar-refractivity contribution in [2.75, 3.05) is 11.9 Å². The monoisotopic (exact) mass is 389 g/mol. The van der Waals surface area contributed by atoms with Crippen LogP contribution in [0.15, 0.2) is 66.7 Å². The van der Waals surface area contributed by atoms with Crippen LogP contribution >= 0.6 is 0 Å². The number of fused-ring (bicyclic) bond motifs is 1. The summed E-state index contributed by atoms with van der Waals surface area (Å²) in [7, 11) is 0. The number of carbonyl (C=O) groups is 1. The lowest BCUT2D eigenvalue weighted by Crippen LogP contribution is -2.63. The van der Waals surface area contributed by atoms with E-state index in [1.54, 1.807) is 0 Å². The van der Waals surface area contributed by atoms with Gasteiger partial charge in [-0.05, 0) is 60.9 Å². The molecular formula is C24H27N3O2. The molecule has 0 aliphatic carbocycles. The molecule has 1 aliphatic heterocycles. The number of nitrogens with one attached hydrogen (secondary N) is 3. The molecular weight excluding hydrogens is 362 g/mol. The minimum absolute atomic E-state index is 0.0444. The van der Waals surface area contributed by atoms with Crippen LogP contribution in [0.4, 0.5) is 5.69 Å². The van der Waals surface area contributed by atoms with Crippen molar-refractivity contribution in [1.82, 2.24) is 10.6 Å². The van der Waals surface area contributed by atoms with Crippen molar-refractivity contribution >= 4 is 22.4 Å². The summed E-state index contributed by atoms with van der Waals surface area (Å²) in [6, 6.07) is 22.4. The Morgan fingerprint density at radius 3 is 2.52 bits per heavy atom. The minimum atomic E-state index is -0.306. The Balaban J connectivity index is 1.43. The predicted octanol–water partition coefficient (Wildman–Crippen LogP) is 3.90. The largest absolute Gasteiger partial charge is 0.494 e. The average molecular weight is 389 g/mol. The lowest BCUT2D eigenvalue weighted by molar-refractivity contribution is -0.128. The van der Waals surface area contributed by atoms with E-state index in [2.05, 4.69) is 53.2 Å². The molecule has 0 aromatic heterocycles. The Kier molecular flexibility index (Phi) is 5.67. The van der Waals surface area contributed by atoms with Gasteiger partial charge in [0.25, 0.3) is 0 Å². The number of hydrogen-bond acceptors (Lipinski definition) is 4. The highest BCUT2D eigenvalue weighted by Crippen LogP contribution is 2.24. The summed E-state index contributed by atoms with van der Waals surface area (Å²) in [4.78, 5) is 12.9. The molecule has 1 aliphatic rings. The molecule has 5 heteroatoms. The zero-order valence-electron chi connectivity index (χ0n) is 16.8. The molecule has 0 radical (unpaired) electrons. The van der Waals surface area contributed by atoms with Gasteiger partial charge in [-0.2, -0.15) is 0 Å². The maximum Gasteiger partial charge on any atom is 0.227 e. The number of ether oxygens (including phenoxy) is 1. The molecule has 1 heterocycles. The molecule has 3 aromatic carbocycles. The van der Waals surface area contributed by atoms with E-state index in [0.717, 1.165) is 11.4 Å². The lowest BCUT2D eigenvalue weighted by atomic mass is 9.88. The first-order chi connectivity index (χ1) is 14.1. The van der Waals surface area contributed by atoms with Crippen LogP contribution in [0.2, 0.25) is 0 Å². The third kappa shape index (κ3) is 4.35. The first-order valence-electron chi connectivity index (χ1n) is 10.2. The van der Waals surface area contributed by atoms with Gasteiger partial charge in [0.15, 0.2) is 6.29 Å². The summed E-state index contributed by atoms with van der Waals surface area (Å²) in [5.41, 5.74) is 2.13. The Morgan fingerprint density at radius 2 is 1.76 bits per heavy atom. The highest BCUT2D eigenvalue weighted by atomic mass is 16.5. The minimum Gasteiger partial charge on any atom is -0.494 e. The highest BCUT2D eigenvalue weighted by molar-refractivity contribution is 5.87. The van der Waals surface area contributed by atoms with Gasteiger partial charge in [-0.3, -0.25) is 10.1 Å². The fourth-order valence-electron chi connectivity index (χ4n) is 3.93. The second-order valence-corrected chi connectivity index (χ2v) is 7.45. The van der Waals surface area contributed by atoms with Gasteiger partial charge < -0.3 is 15.4 Å². The smallest absolute Gasteiger partial charge is 0.227 e. The second kappa shape index (κ2) is 8.53. The molecule has 3 aromatic rings. The van der Waals surface area contributed by atoms with Crippen LogP contribution in [0.3, 0.4) is 0 Å². The number of amides is 1. The van der Waals surface area contributed by atoms with E-state index < -0.39 is 0 Å². The topological polar surface area (TPSA) is 62.4 Å². The quantitative estimate of drug-likeness (QED) is 0.598. The van der Waals surface area contributed by atoms with E-state index in [1.165, 1.54) is 16.3 Å². The van der Waals surface area contributed by atoms with Gasteiger partial charge in [-0.25, -0.2) is 0 Å². The molecule has 0 spiro atoms. The van der Waals surface area contributed by atoms with E-state index in [4.69, 9.17) is 4.74 Å². The molecule has 29 heavy (non-hydrogen) atoms. The fraction of sp³-hybridized carbons (Fsp3) is 0.292. The Morgan fingerprint density at radius 1 is 1.00 bits per heavy atom. The van der Waals surface area contributed by atoms with Crippen molar-refractivity contribution in [3.63, 3.8) is 0 Å². The summed E-state index contributed by atoms with van der Waals surface area (Å²) in [6.45, 7) is 4.67. The van der Waals surface area contributed by atoms with Crippen LogP contribution in [-0.4, -0.2) is 24.8 Å². The van der Waals surface area contributed by atoms with Crippen molar-refractivity contribution in [2.45, 2.75) is 32.6 Å². The molecule has 3 N–H and O–H groups in total. The average Bonchev–Trinajstić information content (AvgIpc) is 2.72. The third-order valence-corrected chi connectivity index (χ3v) is 5.45. The van der Waals surface area contributed by atoms with Gasteiger partial charge in [-0.1, -0.05) is 42.5 Å². The van der Waals surface area contributed by atoms with Gasteiger partial charge in [-0.15, -0.1) is 0 Å². The first-order valence-corrected chi connectivity index (χ1v) is 10.2. The van der Waals surface area contributed by atoms with Crippen LogP contribution in [-0.2, 0) is 11.2 Å². The molecule has 4 rings (SSSR count). The van der Waals surface area contributed by atoms with Crippen LogP contribution in [0.5, 0.6) is 5.75 Å². The van der Waals surface area contributed by atoms with Crippen molar-refractivity contribution < 1.29 is 9.53 Å². The van der Waals surface area contributed by atoms with E-state index in [9.17, 15) is 4.79 Å². The summed E-state index contributed by atoms with van der Waals surface area (Å²) >= 11 is 0. The van der Waals surface area contributed by atoms with Crippen molar-refractivity contribution in [2.24, 2.45) is 5.92 Å². The van der Waals surface area contributed by atoms with E-state index in [-0.39, 0.29) is 24.2 Å². The van der Waals surface area contributed by atoms with Gasteiger partial charge >= 0.3 is 0 Å². The highest BCUT2D eigenvalue weighted by Gasteiger charge is 2.33. The third-order valence-electron chi connectivity index (χ3n) is 5.45. The number of carbonyl (C=O) groups excluding carboxylic acids is 1. The van der Waals surface area contributed by atoms with Crippen LogP contribution in [0, 0.1) is 5.92 Å². The standard InChI is InChI=1S/C24H27N3O2/c1-3-29-20-13-11-19(12-14-20)26-24-25-16(2)22(23(28)27-24)15-18-9-6-8-17-7-4-5-10-21(17)18/h4-14,16,22,24-26H,3,15H2,1-2H3,(H,27,28). The molecule has 150 valence electrons. The zero-order valence-corrected chi connectivity index (χ0v) is 16.8. The Hall–Kier alpha value is -3.05. The summed E-state index contributed by atoms with van der Waals surface area (Å²) in [5.74, 6) is 0.772. The van der Waals surface area contributed by atoms with E-state index in [0.29, 0.717) is 13.0 Å². The molecule has 1 saturated heterocycles. The number of rotatable bonds is 6. The van der Waals surface area contributed by atoms with Crippen LogP contribution in [0.25, 0.3) is 10.8 Å².